The number of halogens is 1. The van der Waals surface area contributed by atoms with Crippen molar-refractivity contribution < 1.29 is 14.4 Å². The molecule has 0 bridgehead atoms. The first kappa shape index (κ1) is 13.8. The van der Waals surface area contributed by atoms with Crippen LogP contribution in [-0.2, 0) is 10.8 Å². The van der Waals surface area contributed by atoms with Crippen LogP contribution in [0.1, 0.15) is 5.56 Å². The number of aliphatic hydroxyl groups excluding tert-OH is 1. The van der Waals surface area contributed by atoms with E-state index in [0.717, 1.165) is 5.56 Å². The Morgan fingerprint density at radius 2 is 1.94 bits per heavy atom. The summed E-state index contributed by atoms with van der Waals surface area (Å²) in [5.41, 5.74) is -0.228. The zero-order valence-electron chi connectivity index (χ0n) is 9.02. The van der Waals surface area contributed by atoms with Crippen LogP contribution in [0.25, 0.3) is 0 Å². The molecular formula is C11H15BrO3S. The van der Waals surface area contributed by atoms with E-state index in [-0.39, 0.29) is 11.1 Å². The number of hydrogen-bond donors (Lipinski definition) is 2. The molecule has 0 fully saturated rings. The molecule has 1 rings (SSSR count). The summed E-state index contributed by atoms with van der Waals surface area (Å²) in [5, 5.41) is 19.0. The number of rotatable bonds is 5. The Hall–Kier alpha value is -0.230. The lowest BCUT2D eigenvalue weighted by atomic mass is 10.2. The molecule has 0 spiro atoms. The van der Waals surface area contributed by atoms with Gasteiger partial charge in [-0.3, -0.25) is 4.21 Å². The number of alkyl halides is 1. The van der Waals surface area contributed by atoms with E-state index in [9.17, 15) is 9.32 Å². The van der Waals surface area contributed by atoms with Crippen LogP contribution in [0.5, 0.6) is 0 Å². The molecule has 1 aromatic carbocycles. The molecule has 0 saturated heterocycles. The summed E-state index contributed by atoms with van der Waals surface area (Å²) < 4.78 is 11.9. The van der Waals surface area contributed by atoms with Gasteiger partial charge in [-0.2, -0.15) is 0 Å². The highest BCUT2D eigenvalue weighted by Gasteiger charge is 2.27. The third-order valence-corrected chi connectivity index (χ3v) is 4.87. The van der Waals surface area contributed by atoms with Crippen molar-refractivity contribution in [3.63, 3.8) is 0 Å². The molecule has 2 atom stereocenters. The average Bonchev–Trinajstić information content (AvgIpc) is 2.29. The Kier molecular flexibility index (Phi) is 5.11. The highest BCUT2D eigenvalue weighted by molar-refractivity contribution is 9.09. The van der Waals surface area contributed by atoms with Gasteiger partial charge in [-0.05, 0) is 19.1 Å². The first-order chi connectivity index (χ1) is 7.50. The van der Waals surface area contributed by atoms with Crippen molar-refractivity contribution >= 4 is 26.7 Å². The lowest BCUT2D eigenvalue weighted by Crippen LogP contribution is -2.41. The molecule has 1 unspecified atom stereocenters. The topological polar surface area (TPSA) is 57.5 Å². The molecular weight excluding hydrogens is 292 g/mol. The molecule has 0 heterocycles. The molecule has 3 nitrogen and oxygen atoms in total. The lowest BCUT2D eigenvalue weighted by Gasteiger charge is -2.22. The molecule has 90 valence electrons. The summed E-state index contributed by atoms with van der Waals surface area (Å²) in [4.78, 5) is 0.665. The maximum Gasteiger partial charge on any atom is 0.109 e. The second-order valence-electron chi connectivity index (χ2n) is 3.82. The Morgan fingerprint density at radius 3 is 2.38 bits per heavy atom. The maximum atomic E-state index is 11.9. The van der Waals surface area contributed by atoms with Crippen LogP contribution >= 0.6 is 15.9 Å². The molecule has 0 saturated carbocycles. The highest BCUT2D eigenvalue weighted by Crippen LogP contribution is 2.15. The van der Waals surface area contributed by atoms with E-state index in [2.05, 4.69) is 15.9 Å². The van der Waals surface area contributed by atoms with Crippen molar-refractivity contribution in [1.29, 1.82) is 0 Å². The monoisotopic (exact) mass is 306 g/mol. The second kappa shape index (κ2) is 5.91. The molecule has 5 heteroatoms. The molecule has 0 aliphatic heterocycles. The summed E-state index contributed by atoms with van der Waals surface area (Å²) in [6, 6.07) is 7.30. The first-order valence-electron chi connectivity index (χ1n) is 4.85. The van der Waals surface area contributed by atoms with Crippen LogP contribution in [0.15, 0.2) is 29.2 Å². The minimum absolute atomic E-state index is 0.0256. The summed E-state index contributed by atoms with van der Waals surface area (Å²) in [6.45, 7) is 1.55. The largest absolute Gasteiger partial charge is 0.393 e. The van der Waals surface area contributed by atoms with Gasteiger partial charge in [-0.25, -0.2) is 0 Å². The molecule has 2 N–H and O–H groups in total. The van der Waals surface area contributed by atoms with Crippen molar-refractivity contribution in [3.8, 4) is 0 Å². The molecule has 0 aliphatic rings. The van der Waals surface area contributed by atoms with Gasteiger partial charge in [0.1, 0.15) is 5.60 Å². The summed E-state index contributed by atoms with van der Waals surface area (Å²) in [5.74, 6) is 0.0256. The quantitative estimate of drug-likeness (QED) is 0.804. The smallest absolute Gasteiger partial charge is 0.109 e. The Bertz CT molecular complexity index is 360. The van der Waals surface area contributed by atoms with Crippen molar-refractivity contribution in [1.82, 2.24) is 0 Å². The fraction of sp³-hybridized carbons (Fsp3) is 0.455. The van der Waals surface area contributed by atoms with Gasteiger partial charge in [0.25, 0.3) is 0 Å². The van der Waals surface area contributed by atoms with Crippen LogP contribution in [0, 0.1) is 6.92 Å². The van der Waals surface area contributed by atoms with Gasteiger partial charge in [0.2, 0.25) is 0 Å². The van der Waals surface area contributed by atoms with E-state index >= 15 is 0 Å². The zero-order chi connectivity index (χ0) is 12.2. The van der Waals surface area contributed by atoms with Crippen LogP contribution < -0.4 is 0 Å². The number of hydrogen-bond acceptors (Lipinski definition) is 3. The number of aliphatic hydroxyl groups is 2. The molecule has 0 aromatic heterocycles. The van der Waals surface area contributed by atoms with E-state index in [1.54, 1.807) is 12.1 Å². The average molecular weight is 307 g/mol. The van der Waals surface area contributed by atoms with E-state index in [4.69, 9.17) is 5.11 Å². The van der Waals surface area contributed by atoms with Crippen molar-refractivity contribution in [2.24, 2.45) is 0 Å². The van der Waals surface area contributed by atoms with Gasteiger partial charge in [-0.15, -0.1) is 0 Å². The van der Waals surface area contributed by atoms with E-state index in [0.29, 0.717) is 4.90 Å². The van der Waals surface area contributed by atoms with Crippen LogP contribution in [0.2, 0.25) is 0 Å². The molecule has 1 aromatic rings. The minimum atomic E-state index is -1.32. The summed E-state index contributed by atoms with van der Waals surface area (Å²) >= 11 is 3.10. The summed E-state index contributed by atoms with van der Waals surface area (Å²) in [6.07, 6.45) is 0. The molecule has 16 heavy (non-hydrogen) atoms. The Labute approximate surface area is 106 Å². The van der Waals surface area contributed by atoms with Crippen LogP contribution in [-0.4, -0.2) is 37.7 Å². The van der Waals surface area contributed by atoms with Gasteiger partial charge in [0, 0.05) is 10.2 Å². The van der Waals surface area contributed by atoms with E-state index < -0.39 is 23.0 Å². The molecule has 0 amide bonds. The number of aryl methyl sites for hydroxylation is 1. The first-order valence-corrected chi connectivity index (χ1v) is 7.29. The summed E-state index contributed by atoms with van der Waals surface area (Å²) in [7, 11) is -1.30. The van der Waals surface area contributed by atoms with E-state index in [1.807, 2.05) is 19.1 Å². The molecule has 0 radical (unpaired) electrons. The second-order valence-corrected chi connectivity index (χ2v) is 5.83. The van der Waals surface area contributed by atoms with Gasteiger partial charge >= 0.3 is 0 Å². The SMILES string of the molecule is Cc1ccc(S(=O)C[C@@](O)(CO)CBr)cc1. The predicted octanol–water partition coefficient (Wildman–Crippen LogP) is 1.22. The van der Waals surface area contributed by atoms with Gasteiger partial charge < -0.3 is 10.2 Å². The molecule has 0 aliphatic carbocycles. The van der Waals surface area contributed by atoms with Crippen molar-refractivity contribution in [3.05, 3.63) is 29.8 Å². The predicted molar refractivity (Wildman–Crippen MR) is 68.3 cm³/mol. The third-order valence-electron chi connectivity index (χ3n) is 2.23. The standard InChI is InChI=1S/C11H15BrO3S/c1-9-2-4-10(5-3-9)16(15)8-11(14,6-12)7-13/h2-5,13-14H,6-8H2,1H3/t11-,16?/m0/s1. The van der Waals surface area contributed by atoms with E-state index in [1.165, 1.54) is 0 Å². The van der Waals surface area contributed by atoms with Crippen LogP contribution in [0.4, 0.5) is 0 Å². The number of benzene rings is 1. The normalized spacial score (nSPS) is 16.8. The fourth-order valence-corrected chi connectivity index (χ4v) is 3.07. The van der Waals surface area contributed by atoms with Crippen LogP contribution in [0.3, 0.4) is 0 Å². The Morgan fingerprint density at radius 1 is 1.38 bits per heavy atom. The van der Waals surface area contributed by atoms with Crippen molar-refractivity contribution in [2.75, 3.05) is 17.7 Å². The fourth-order valence-electron chi connectivity index (χ4n) is 1.14. The van der Waals surface area contributed by atoms with Crippen molar-refractivity contribution in [2.45, 2.75) is 17.4 Å². The lowest BCUT2D eigenvalue weighted by molar-refractivity contribution is 0.0270. The third kappa shape index (κ3) is 3.66. The van der Waals surface area contributed by atoms with Gasteiger partial charge in [0.15, 0.2) is 0 Å². The zero-order valence-corrected chi connectivity index (χ0v) is 11.4. The van der Waals surface area contributed by atoms with Gasteiger partial charge in [0.05, 0.1) is 23.2 Å². The van der Waals surface area contributed by atoms with Gasteiger partial charge in [-0.1, -0.05) is 33.6 Å². The maximum absolute atomic E-state index is 11.9. The highest BCUT2D eigenvalue weighted by atomic mass is 79.9. The minimum Gasteiger partial charge on any atom is -0.393 e. The Balaban J connectivity index is 2.76.